The molecule has 0 N–H and O–H groups in total. The third-order valence-electron chi connectivity index (χ3n) is 3.25. The van der Waals surface area contributed by atoms with Crippen molar-refractivity contribution in [2.75, 3.05) is 13.2 Å². The van der Waals surface area contributed by atoms with Gasteiger partial charge < -0.3 is 13.9 Å². The van der Waals surface area contributed by atoms with Crippen LogP contribution in [-0.2, 0) is 4.74 Å². The first-order valence-corrected chi connectivity index (χ1v) is 7.60. The number of ether oxygens (including phenoxy) is 2. The van der Waals surface area contributed by atoms with Crippen molar-refractivity contribution in [2.45, 2.75) is 0 Å². The van der Waals surface area contributed by atoms with E-state index in [4.69, 9.17) is 25.5 Å². The first-order valence-electron chi connectivity index (χ1n) is 7.22. The molecule has 2 aromatic carbocycles. The number of esters is 1. The zero-order chi connectivity index (χ0) is 16.9. The van der Waals surface area contributed by atoms with E-state index in [2.05, 4.69) is 0 Å². The van der Waals surface area contributed by atoms with Crippen molar-refractivity contribution in [1.82, 2.24) is 0 Å². The molecule has 0 aliphatic carbocycles. The van der Waals surface area contributed by atoms with E-state index in [0.29, 0.717) is 21.7 Å². The van der Waals surface area contributed by atoms with E-state index in [1.807, 2.05) is 0 Å². The molecule has 0 aliphatic rings. The maximum Gasteiger partial charge on any atom is 0.374 e. The average Bonchev–Trinajstić information content (AvgIpc) is 2.60. The molecule has 0 fully saturated rings. The highest BCUT2D eigenvalue weighted by Crippen LogP contribution is 2.22. The molecule has 5 nitrogen and oxygen atoms in total. The van der Waals surface area contributed by atoms with E-state index in [9.17, 15) is 9.59 Å². The smallest absolute Gasteiger partial charge is 0.374 e. The fourth-order valence-corrected chi connectivity index (χ4v) is 2.31. The van der Waals surface area contributed by atoms with E-state index >= 15 is 0 Å². The van der Waals surface area contributed by atoms with Crippen molar-refractivity contribution < 1.29 is 18.7 Å². The number of fused-ring (bicyclic) bond motifs is 1. The second-order valence-electron chi connectivity index (χ2n) is 4.89. The molecule has 0 bridgehead atoms. The van der Waals surface area contributed by atoms with Crippen LogP contribution in [0, 0.1) is 0 Å². The number of carbonyl (C=O) groups excluding carboxylic acids is 1. The van der Waals surface area contributed by atoms with E-state index in [-0.39, 0.29) is 24.4 Å². The highest BCUT2D eigenvalue weighted by Gasteiger charge is 2.13. The molecule has 1 heterocycles. The van der Waals surface area contributed by atoms with Crippen molar-refractivity contribution in [3.63, 3.8) is 0 Å². The van der Waals surface area contributed by atoms with Gasteiger partial charge in [-0.2, -0.15) is 0 Å². The summed E-state index contributed by atoms with van der Waals surface area (Å²) >= 11 is 5.95. The molecule has 0 saturated carbocycles. The van der Waals surface area contributed by atoms with Gasteiger partial charge in [-0.1, -0.05) is 35.9 Å². The van der Waals surface area contributed by atoms with Gasteiger partial charge in [0, 0.05) is 6.07 Å². The van der Waals surface area contributed by atoms with Gasteiger partial charge in [-0.15, -0.1) is 0 Å². The van der Waals surface area contributed by atoms with E-state index in [0.717, 1.165) is 6.07 Å². The van der Waals surface area contributed by atoms with Gasteiger partial charge in [0.15, 0.2) is 5.43 Å². The van der Waals surface area contributed by atoms with Gasteiger partial charge in [0.2, 0.25) is 5.76 Å². The predicted octanol–water partition coefficient (Wildman–Crippen LogP) is 3.68. The molecule has 0 atom stereocenters. The zero-order valence-electron chi connectivity index (χ0n) is 12.5. The lowest BCUT2D eigenvalue weighted by Crippen LogP contribution is -2.14. The molecule has 0 spiro atoms. The van der Waals surface area contributed by atoms with Gasteiger partial charge in [-0.05, 0) is 24.3 Å². The number of hydrogen-bond acceptors (Lipinski definition) is 5. The van der Waals surface area contributed by atoms with Gasteiger partial charge in [0.1, 0.15) is 24.5 Å². The predicted molar refractivity (Wildman–Crippen MR) is 89.7 cm³/mol. The second kappa shape index (κ2) is 7.19. The summed E-state index contributed by atoms with van der Waals surface area (Å²) < 4.78 is 15.9. The van der Waals surface area contributed by atoms with Crippen LogP contribution in [0.3, 0.4) is 0 Å². The van der Waals surface area contributed by atoms with E-state index < -0.39 is 5.97 Å². The van der Waals surface area contributed by atoms with Gasteiger partial charge in [-0.25, -0.2) is 4.79 Å². The highest BCUT2D eigenvalue weighted by atomic mass is 35.5. The first kappa shape index (κ1) is 16.1. The second-order valence-corrected chi connectivity index (χ2v) is 5.29. The highest BCUT2D eigenvalue weighted by molar-refractivity contribution is 6.32. The van der Waals surface area contributed by atoms with Gasteiger partial charge >= 0.3 is 5.97 Å². The molecule has 0 radical (unpaired) electrons. The monoisotopic (exact) mass is 344 g/mol. The molecule has 0 saturated heterocycles. The Hall–Kier alpha value is -2.79. The molecular formula is C18H13ClO5. The van der Waals surface area contributed by atoms with Crippen LogP contribution in [0.1, 0.15) is 10.6 Å². The summed E-state index contributed by atoms with van der Waals surface area (Å²) in [5.74, 6) is -0.357. The largest absolute Gasteiger partial charge is 0.488 e. The Morgan fingerprint density at radius 3 is 2.62 bits per heavy atom. The van der Waals surface area contributed by atoms with Crippen LogP contribution in [-0.4, -0.2) is 19.2 Å². The third-order valence-corrected chi connectivity index (χ3v) is 3.56. The van der Waals surface area contributed by atoms with Crippen LogP contribution in [0.25, 0.3) is 11.0 Å². The normalized spacial score (nSPS) is 10.5. The van der Waals surface area contributed by atoms with Crippen LogP contribution in [0.4, 0.5) is 0 Å². The molecule has 3 aromatic rings. The molecule has 6 heteroatoms. The Morgan fingerprint density at radius 2 is 1.79 bits per heavy atom. The Bertz CT molecular complexity index is 932. The molecule has 122 valence electrons. The number of rotatable bonds is 5. The fraction of sp³-hybridized carbons (Fsp3) is 0.111. The van der Waals surface area contributed by atoms with Crippen LogP contribution in [0.5, 0.6) is 5.75 Å². The number of carbonyl (C=O) groups is 1. The Balaban J connectivity index is 1.61. The van der Waals surface area contributed by atoms with Crippen LogP contribution in [0.2, 0.25) is 5.02 Å². The quantitative estimate of drug-likeness (QED) is 0.521. The van der Waals surface area contributed by atoms with Crippen molar-refractivity contribution in [3.8, 4) is 5.75 Å². The fourth-order valence-electron chi connectivity index (χ4n) is 2.12. The maximum atomic E-state index is 12.0. The zero-order valence-corrected chi connectivity index (χ0v) is 13.3. The lowest BCUT2D eigenvalue weighted by atomic mass is 10.2. The molecule has 24 heavy (non-hydrogen) atoms. The Kier molecular flexibility index (Phi) is 4.82. The number of hydrogen-bond donors (Lipinski definition) is 0. The summed E-state index contributed by atoms with van der Waals surface area (Å²) in [6, 6.07) is 14.8. The summed E-state index contributed by atoms with van der Waals surface area (Å²) in [5.41, 5.74) is 0.0420. The minimum absolute atomic E-state index is 0.000589. The number of para-hydroxylation sites is 2. The van der Waals surface area contributed by atoms with Crippen molar-refractivity contribution in [3.05, 3.63) is 75.6 Å². The van der Waals surface area contributed by atoms with Crippen LogP contribution < -0.4 is 10.2 Å². The molecule has 1 aromatic heterocycles. The van der Waals surface area contributed by atoms with E-state index in [1.54, 1.807) is 48.5 Å². The average molecular weight is 345 g/mol. The van der Waals surface area contributed by atoms with Gasteiger partial charge in [-0.3, -0.25) is 4.79 Å². The SMILES string of the molecule is O=C(OCCOc1ccccc1Cl)c1cc(=O)c2ccccc2o1. The Labute approximate surface area is 142 Å². The third kappa shape index (κ3) is 3.58. The van der Waals surface area contributed by atoms with E-state index in [1.165, 1.54) is 0 Å². The lowest BCUT2D eigenvalue weighted by molar-refractivity contribution is 0.0415. The van der Waals surface area contributed by atoms with Crippen molar-refractivity contribution >= 4 is 28.5 Å². The molecule has 3 rings (SSSR count). The first-order chi connectivity index (χ1) is 11.6. The molecule has 0 unspecified atom stereocenters. The summed E-state index contributed by atoms with van der Waals surface area (Å²) in [7, 11) is 0. The molecular weight excluding hydrogens is 332 g/mol. The Morgan fingerprint density at radius 1 is 1.04 bits per heavy atom. The van der Waals surface area contributed by atoms with Gasteiger partial charge in [0.05, 0.1) is 10.4 Å². The van der Waals surface area contributed by atoms with Crippen molar-refractivity contribution in [1.29, 1.82) is 0 Å². The number of benzene rings is 2. The lowest BCUT2D eigenvalue weighted by Gasteiger charge is -2.08. The maximum absolute atomic E-state index is 12.0. The molecule has 0 aliphatic heterocycles. The summed E-state index contributed by atoms with van der Waals surface area (Å²) in [5, 5.41) is 0.889. The minimum atomic E-state index is -0.722. The van der Waals surface area contributed by atoms with Crippen LogP contribution in [0.15, 0.2) is 63.8 Å². The summed E-state index contributed by atoms with van der Waals surface area (Å²) in [4.78, 5) is 23.9. The standard InChI is InChI=1S/C18H13ClO5/c19-13-6-2-4-8-16(13)22-9-10-23-18(21)17-11-14(20)12-5-1-3-7-15(12)24-17/h1-8,11H,9-10H2. The topological polar surface area (TPSA) is 65.7 Å². The van der Waals surface area contributed by atoms with Crippen molar-refractivity contribution in [2.24, 2.45) is 0 Å². The number of halogens is 1. The van der Waals surface area contributed by atoms with Gasteiger partial charge in [0.25, 0.3) is 0 Å². The summed E-state index contributed by atoms with van der Waals surface area (Å²) in [6.07, 6.45) is 0. The molecule has 0 amide bonds. The summed E-state index contributed by atoms with van der Waals surface area (Å²) in [6.45, 7) is 0.133. The van der Waals surface area contributed by atoms with Crippen LogP contribution >= 0.6 is 11.6 Å². The minimum Gasteiger partial charge on any atom is -0.488 e.